The number of hydrogen-bond acceptors (Lipinski definition) is 5. The number of thioether (sulfide) groups is 1. The van der Waals surface area contributed by atoms with Crippen molar-refractivity contribution in [1.82, 2.24) is 4.57 Å². The normalized spacial score (nSPS) is 11.8. The van der Waals surface area contributed by atoms with Crippen LogP contribution in [0, 0.1) is 11.6 Å². The summed E-state index contributed by atoms with van der Waals surface area (Å²) in [5.74, 6) is -1.85. The maximum Gasteiger partial charge on any atom is 0.325 e. The Labute approximate surface area is 167 Å². The summed E-state index contributed by atoms with van der Waals surface area (Å²) < 4.78 is 33.9. The highest BCUT2D eigenvalue weighted by molar-refractivity contribution is 7.99. The van der Waals surface area contributed by atoms with Crippen LogP contribution < -0.4 is 4.80 Å². The highest BCUT2D eigenvalue weighted by Gasteiger charge is 2.16. The van der Waals surface area contributed by atoms with Gasteiger partial charge in [0.15, 0.2) is 10.6 Å². The van der Waals surface area contributed by atoms with Crippen LogP contribution in [0.1, 0.15) is 5.56 Å². The molecule has 146 valence electrons. The van der Waals surface area contributed by atoms with Gasteiger partial charge in [-0.3, -0.25) is 9.59 Å². The molecular weight excluding hydrogens is 406 g/mol. The second kappa shape index (κ2) is 9.11. The smallest absolute Gasteiger partial charge is 0.325 e. The zero-order valence-corrected chi connectivity index (χ0v) is 16.5. The third-order valence-corrected chi connectivity index (χ3v) is 5.78. The molecule has 3 rings (SSSR count). The molecule has 0 saturated heterocycles. The predicted octanol–water partition coefficient (Wildman–Crippen LogP) is 3.51. The lowest BCUT2D eigenvalue weighted by molar-refractivity contribution is -0.141. The molecule has 0 saturated carbocycles. The van der Waals surface area contributed by atoms with Crippen molar-refractivity contribution in [1.29, 1.82) is 0 Å². The summed E-state index contributed by atoms with van der Waals surface area (Å²) in [6.45, 7) is -0.331. The highest BCUT2D eigenvalue weighted by atomic mass is 32.2. The van der Waals surface area contributed by atoms with Crippen molar-refractivity contribution in [2.24, 2.45) is 4.99 Å². The lowest BCUT2D eigenvalue weighted by Crippen LogP contribution is -2.23. The fraction of sp³-hybridized carbons (Fsp3) is 0.211. The van der Waals surface area contributed by atoms with Crippen LogP contribution in [0.4, 0.5) is 8.78 Å². The summed E-state index contributed by atoms with van der Waals surface area (Å²) >= 11 is 2.34. The van der Waals surface area contributed by atoms with Crippen LogP contribution in [0.5, 0.6) is 0 Å². The van der Waals surface area contributed by atoms with Gasteiger partial charge >= 0.3 is 5.97 Å². The molecule has 1 heterocycles. The van der Waals surface area contributed by atoms with E-state index in [2.05, 4.69) is 9.73 Å². The molecule has 0 atom stereocenters. The number of nitrogens with zero attached hydrogens (tertiary/aromatic N) is 2. The molecular formula is C19H16F2N2O3S2. The Kier molecular flexibility index (Phi) is 6.58. The topological polar surface area (TPSA) is 60.7 Å². The minimum absolute atomic E-state index is 0.0142. The Morgan fingerprint density at radius 1 is 1.21 bits per heavy atom. The molecule has 0 N–H and O–H groups in total. The van der Waals surface area contributed by atoms with E-state index in [-0.39, 0.29) is 27.3 Å². The number of carbonyl (C=O) groups is 2. The minimum atomic E-state index is -0.831. The third kappa shape index (κ3) is 4.85. The van der Waals surface area contributed by atoms with Gasteiger partial charge in [0.25, 0.3) is 5.91 Å². The van der Waals surface area contributed by atoms with E-state index in [1.807, 2.05) is 30.3 Å². The number of halogens is 2. The molecule has 1 aromatic heterocycles. The van der Waals surface area contributed by atoms with E-state index in [9.17, 15) is 18.4 Å². The van der Waals surface area contributed by atoms with E-state index in [1.165, 1.54) is 23.4 Å². The number of amides is 1. The standard InChI is InChI=1S/C19H16F2N2O3S2/c1-26-17(25)9-23-18-14(21)7-13(20)8-15(18)28-19(23)22-16(24)11-27-10-12-5-3-2-4-6-12/h2-8H,9-11H2,1H3. The number of esters is 1. The quantitative estimate of drug-likeness (QED) is 0.571. The highest BCUT2D eigenvalue weighted by Crippen LogP contribution is 2.22. The number of methoxy groups -OCH3 is 1. The van der Waals surface area contributed by atoms with E-state index in [0.717, 1.165) is 29.0 Å². The van der Waals surface area contributed by atoms with Crippen molar-refractivity contribution in [2.75, 3.05) is 12.9 Å². The number of rotatable bonds is 6. The number of benzene rings is 2. The number of carbonyl (C=O) groups excluding carboxylic acids is 2. The van der Waals surface area contributed by atoms with Gasteiger partial charge in [-0.2, -0.15) is 4.99 Å². The number of aromatic nitrogens is 1. The molecule has 0 fully saturated rings. The first-order valence-electron chi connectivity index (χ1n) is 8.22. The molecule has 2 aromatic carbocycles. The first-order valence-corrected chi connectivity index (χ1v) is 10.2. The Morgan fingerprint density at radius 2 is 1.96 bits per heavy atom. The lowest BCUT2D eigenvalue weighted by Gasteiger charge is -2.04. The number of hydrogen-bond donors (Lipinski definition) is 0. The van der Waals surface area contributed by atoms with Gasteiger partial charge in [-0.05, 0) is 11.6 Å². The molecule has 5 nitrogen and oxygen atoms in total. The Balaban J connectivity index is 1.87. The average molecular weight is 422 g/mol. The van der Waals surface area contributed by atoms with Gasteiger partial charge < -0.3 is 9.30 Å². The first kappa shape index (κ1) is 20.2. The SMILES string of the molecule is COC(=O)Cn1c(=NC(=O)CSCc2ccccc2)sc2cc(F)cc(F)c21. The average Bonchev–Trinajstić information content (AvgIpc) is 2.99. The molecule has 0 spiro atoms. The van der Waals surface area contributed by atoms with Gasteiger partial charge in [-0.25, -0.2) is 8.78 Å². The maximum absolute atomic E-state index is 14.3. The Hall–Kier alpha value is -2.52. The summed E-state index contributed by atoms with van der Waals surface area (Å²) in [7, 11) is 1.20. The second-order valence-corrected chi connectivity index (χ2v) is 7.76. The number of thiazole rings is 1. The van der Waals surface area contributed by atoms with Crippen molar-refractivity contribution in [3.8, 4) is 0 Å². The van der Waals surface area contributed by atoms with Gasteiger partial charge in [0.05, 0.1) is 23.1 Å². The van der Waals surface area contributed by atoms with Crippen LogP contribution in [-0.4, -0.2) is 29.3 Å². The summed E-state index contributed by atoms with van der Waals surface area (Å²) in [5, 5.41) is 0. The molecule has 3 aromatic rings. The van der Waals surface area contributed by atoms with E-state index >= 15 is 0 Å². The molecule has 9 heteroatoms. The van der Waals surface area contributed by atoms with E-state index < -0.39 is 23.5 Å². The monoisotopic (exact) mass is 422 g/mol. The van der Waals surface area contributed by atoms with Gasteiger partial charge in [0.2, 0.25) is 0 Å². The van der Waals surface area contributed by atoms with E-state index in [0.29, 0.717) is 5.75 Å². The minimum Gasteiger partial charge on any atom is -0.468 e. The van der Waals surface area contributed by atoms with Crippen LogP contribution in [0.25, 0.3) is 10.2 Å². The largest absolute Gasteiger partial charge is 0.468 e. The zero-order chi connectivity index (χ0) is 20.1. The van der Waals surface area contributed by atoms with Crippen LogP contribution in [0.3, 0.4) is 0 Å². The zero-order valence-electron chi connectivity index (χ0n) is 14.9. The van der Waals surface area contributed by atoms with Gasteiger partial charge in [0, 0.05) is 11.8 Å². The first-order chi connectivity index (χ1) is 13.5. The molecule has 0 aliphatic heterocycles. The van der Waals surface area contributed by atoms with Crippen molar-refractivity contribution in [2.45, 2.75) is 12.3 Å². The predicted molar refractivity (Wildman–Crippen MR) is 105 cm³/mol. The molecule has 0 bridgehead atoms. The summed E-state index contributed by atoms with van der Waals surface area (Å²) in [4.78, 5) is 28.1. The summed E-state index contributed by atoms with van der Waals surface area (Å²) in [6.07, 6.45) is 0. The lowest BCUT2D eigenvalue weighted by atomic mass is 10.2. The van der Waals surface area contributed by atoms with Gasteiger partial charge in [-0.1, -0.05) is 41.7 Å². The summed E-state index contributed by atoms with van der Waals surface area (Å²) in [6, 6.07) is 11.5. The maximum atomic E-state index is 14.3. The molecule has 0 aliphatic carbocycles. The van der Waals surface area contributed by atoms with Crippen LogP contribution >= 0.6 is 23.1 Å². The van der Waals surface area contributed by atoms with E-state index in [1.54, 1.807) is 0 Å². The Morgan fingerprint density at radius 3 is 2.68 bits per heavy atom. The fourth-order valence-corrected chi connectivity index (χ4v) is 4.38. The van der Waals surface area contributed by atoms with Crippen LogP contribution in [0.2, 0.25) is 0 Å². The number of fused-ring (bicyclic) bond motifs is 1. The molecule has 1 amide bonds. The number of ether oxygens (including phenoxy) is 1. The van der Waals surface area contributed by atoms with Crippen molar-refractivity contribution >= 4 is 45.2 Å². The molecule has 0 unspecified atom stereocenters. The van der Waals surface area contributed by atoms with Crippen molar-refractivity contribution in [3.05, 3.63) is 64.5 Å². The van der Waals surface area contributed by atoms with Crippen LogP contribution in [-0.2, 0) is 26.6 Å². The molecule has 0 aliphatic rings. The van der Waals surface area contributed by atoms with E-state index in [4.69, 9.17) is 0 Å². The van der Waals surface area contributed by atoms with Crippen LogP contribution in [0.15, 0.2) is 47.5 Å². The van der Waals surface area contributed by atoms with Crippen molar-refractivity contribution < 1.29 is 23.1 Å². The summed E-state index contributed by atoms with van der Waals surface area (Å²) in [5.41, 5.74) is 1.10. The Bertz CT molecular complexity index is 1080. The second-order valence-electron chi connectivity index (χ2n) is 5.77. The van der Waals surface area contributed by atoms with Gasteiger partial charge in [0.1, 0.15) is 12.4 Å². The van der Waals surface area contributed by atoms with Crippen molar-refractivity contribution in [3.63, 3.8) is 0 Å². The molecule has 0 radical (unpaired) electrons. The molecule has 28 heavy (non-hydrogen) atoms. The fourth-order valence-electron chi connectivity index (χ4n) is 2.52. The van der Waals surface area contributed by atoms with Gasteiger partial charge in [-0.15, -0.1) is 11.8 Å². The third-order valence-electron chi connectivity index (χ3n) is 3.77.